The standard InChI is InChI=1S/C26H28N2O5S/c29-24(28-12-13-34-15-23(28)25(30)31)20-10-5-11-22(20)27-26(32)33-14-21-18-8-3-1-6-16(18)17-7-2-4-9-19(17)21/h1-4,6-9,20-23H,5,10-15H2,(H,27,32)(H,30,31). The van der Waals surface area contributed by atoms with Gasteiger partial charge in [0.05, 0.1) is 5.92 Å². The number of rotatable bonds is 5. The number of amides is 2. The van der Waals surface area contributed by atoms with Crippen LogP contribution in [0.15, 0.2) is 48.5 Å². The normalized spacial score (nSPS) is 23.8. The highest BCUT2D eigenvalue weighted by atomic mass is 32.2. The molecule has 3 aliphatic rings. The lowest BCUT2D eigenvalue weighted by Gasteiger charge is -2.35. The second-order valence-corrected chi connectivity index (χ2v) is 10.2. The summed E-state index contributed by atoms with van der Waals surface area (Å²) in [5, 5.41) is 12.4. The molecule has 178 valence electrons. The Morgan fingerprint density at radius 2 is 1.71 bits per heavy atom. The summed E-state index contributed by atoms with van der Waals surface area (Å²) < 4.78 is 5.66. The zero-order chi connectivity index (χ0) is 23.7. The molecule has 2 aromatic rings. The van der Waals surface area contributed by atoms with Gasteiger partial charge in [0.1, 0.15) is 12.6 Å². The molecule has 0 spiro atoms. The molecular formula is C26H28N2O5S. The van der Waals surface area contributed by atoms with Gasteiger partial charge in [-0.15, -0.1) is 0 Å². The Morgan fingerprint density at radius 1 is 1.03 bits per heavy atom. The summed E-state index contributed by atoms with van der Waals surface area (Å²) in [6, 6.07) is 15.2. The van der Waals surface area contributed by atoms with Crippen molar-refractivity contribution in [2.75, 3.05) is 24.7 Å². The number of hydrogen-bond acceptors (Lipinski definition) is 5. The van der Waals surface area contributed by atoms with Gasteiger partial charge in [-0.3, -0.25) is 4.79 Å². The van der Waals surface area contributed by atoms with Gasteiger partial charge in [0.2, 0.25) is 5.91 Å². The van der Waals surface area contributed by atoms with E-state index in [1.54, 1.807) is 11.8 Å². The van der Waals surface area contributed by atoms with Crippen LogP contribution in [0.5, 0.6) is 0 Å². The first-order valence-electron chi connectivity index (χ1n) is 11.8. The Morgan fingerprint density at radius 3 is 2.38 bits per heavy atom. The summed E-state index contributed by atoms with van der Waals surface area (Å²) >= 11 is 1.55. The molecule has 2 aromatic carbocycles. The maximum atomic E-state index is 13.2. The topological polar surface area (TPSA) is 95.9 Å². The van der Waals surface area contributed by atoms with Crippen LogP contribution in [-0.4, -0.2) is 64.7 Å². The van der Waals surface area contributed by atoms with Crippen molar-refractivity contribution in [3.8, 4) is 11.1 Å². The highest BCUT2D eigenvalue weighted by molar-refractivity contribution is 7.99. The molecule has 3 unspecified atom stereocenters. The maximum absolute atomic E-state index is 13.2. The van der Waals surface area contributed by atoms with E-state index in [4.69, 9.17) is 4.74 Å². The third-order valence-electron chi connectivity index (χ3n) is 7.18. The highest BCUT2D eigenvalue weighted by Crippen LogP contribution is 2.44. The van der Waals surface area contributed by atoms with Crippen LogP contribution in [0.4, 0.5) is 4.79 Å². The molecule has 3 atom stereocenters. The predicted molar refractivity (Wildman–Crippen MR) is 130 cm³/mol. The SMILES string of the molecule is O=C(NC1CCCC1C(=O)N1CCSCC1C(=O)O)OCC1c2ccccc2-c2ccccc21. The molecule has 2 fully saturated rings. The average molecular weight is 481 g/mol. The van der Waals surface area contributed by atoms with Crippen LogP contribution >= 0.6 is 11.8 Å². The van der Waals surface area contributed by atoms with Gasteiger partial charge in [-0.05, 0) is 35.1 Å². The van der Waals surface area contributed by atoms with Gasteiger partial charge in [0, 0.05) is 30.0 Å². The van der Waals surface area contributed by atoms with Crippen molar-refractivity contribution in [1.29, 1.82) is 0 Å². The lowest BCUT2D eigenvalue weighted by Crippen LogP contribution is -2.54. The Hall–Kier alpha value is -3.00. The van der Waals surface area contributed by atoms with Crippen LogP contribution in [0.1, 0.15) is 36.3 Å². The number of alkyl carbamates (subject to hydrolysis) is 1. The molecule has 1 aliphatic heterocycles. The fourth-order valence-electron chi connectivity index (χ4n) is 5.50. The van der Waals surface area contributed by atoms with Gasteiger partial charge in [0.15, 0.2) is 0 Å². The van der Waals surface area contributed by atoms with Crippen LogP contribution in [-0.2, 0) is 14.3 Å². The van der Waals surface area contributed by atoms with E-state index >= 15 is 0 Å². The summed E-state index contributed by atoms with van der Waals surface area (Å²) in [5.41, 5.74) is 4.63. The minimum atomic E-state index is -0.973. The van der Waals surface area contributed by atoms with Crippen LogP contribution in [0.25, 0.3) is 11.1 Å². The summed E-state index contributed by atoms with van der Waals surface area (Å²) in [6.45, 7) is 0.643. The summed E-state index contributed by atoms with van der Waals surface area (Å²) in [5.74, 6) is -0.453. The van der Waals surface area contributed by atoms with Gasteiger partial charge in [-0.1, -0.05) is 55.0 Å². The molecule has 0 bridgehead atoms. The fourth-order valence-corrected chi connectivity index (χ4v) is 6.54. The van der Waals surface area contributed by atoms with E-state index in [2.05, 4.69) is 29.6 Å². The van der Waals surface area contributed by atoms with Gasteiger partial charge in [0.25, 0.3) is 0 Å². The lowest BCUT2D eigenvalue weighted by molar-refractivity contribution is -0.151. The Balaban J connectivity index is 1.23. The summed E-state index contributed by atoms with van der Waals surface area (Å²) in [7, 11) is 0. The molecule has 2 N–H and O–H groups in total. The second-order valence-electron chi connectivity index (χ2n) is 9.07. The quantitative estimate of drug-likeness (QED) is 0.677. The smallest absolute Gasteiger partial charge is 0.407 e. The number of benzene rings is 2. The number of carboxylic acids is 1. The zero-order valence-electron chi connectivity index (χ0n) is 18.8. The van der Waals surface area contributed by atoms with Gasteiger partial charge >= 0.3 is 12.1 Å². The second kappa shape index (κ2) is 9.70. The minimum Gasteiger partial charge on any atom is -0.480 e. The molecule has 2 amide bonds. The number of carbonyl (C=O) groups is 3. The summed E-state index contributed by atoms with van der Waals surface area (Å²) in [4.78, 5) is 39.1. The Bertz CT molecular complexity index is 1060. The molecule has 34 heavy (non-hydrogen) atoms. The first-order chi connectivity index (χ1) is 16.5. The number of carboxylic acid groups (broad SMARTS) is 1. The largest absolute Gasteiger partial charge is 0.480 e. The third kappa shape index (κ3) is 4.27. The lowest BCUT2D eigenvalue weighted by atomic mass is 9.98. The third-order valence-corrected chi connectivity index (χ3v) is 8.20. The number of fused-ring (bicyclic) bond motifs is 3. The Labute approximate surface area is 202 Å². The average Bonchev–Trinajstić information content (AvgIpc) is 3.44. The van der Waals surface area contributed by atoms with E-state index in [0.29, 0.717) is 25.1 Å². The Kier molecular flexibility index (Phi) is 6.50. The van der Waals surface area contributed by atoms with E-state index in [9.17, 15) is 19.5 Å². The number of thioether (sulfide) groups is 1. The van der Waals surface area contributed by atoms with Crippen LogP contribution in [0.3, 0.4) is 0 Å². The number of ether oxygens (including phenoxy) is 1. The maximum Gasteiger partial charge on any atom is 0.407 e. The number of carbonyl (C=O) groups excluding carboxylic acids is 2. The van der Waals surface area contributed by atoms with Crippen molar-refractivity contribution in [2.24, 2.45) is 5.92 Å². The number of nitrogens with one attached hydrogen (secondary N) is 1. The van der Waals surface area contributed by atoms with E-state index in [1.165, 1.54) is 16.0 Å². The van der Waals surface area contributed by atoms with Crippen molar-refractivity contribution in [1.82, 2.24) is 10.2 Å². The molecule has 1 heterocycles. The van der Waals surface area contributed by atoms with Crippen molar-refractivity contribution >= 4 is 29.7 Å². The minimum absolute atomic E-state index is 0.0265. The zero-order valence-corrected chi connectivity index (χ0v) is 19.6. The molecule has 8 heteroatoms. The van der Waals surface area contributed by atoms with Crippen LogP contribution in [0.2, 0.25) is 0 Å². The molecule has 2 aliphatic carbocycles. The number of nitrogens with zero attached hydrogens (tertiary/aromatic N) is 1. The van der Waals surface area contributed by atoms with Crippen molar-refractivity contribution in [3.63, 3.8) is 0 Å². The molecule has 0 radical (unpaired) electrons. The van der Waals surface area contributed by atoms with E-state index < -0.39 is 24.0 Å². The molecule has 5 rings (SSSR count). The van der Waals surface area contributed by atoms with Gasteiger partial charge < -0.3 is 20.1 Å². The number of aliphatic carboxylic acids is 1. The predicted octanol–water partition coefficient (Wildman–Crippen LogP) is 3.72. The fraction of sp³-hybridized carbons (Fsp3) is 0.423. The van der Waals surface area contributed by atoms with Crippen molar-refractivity contribution in [2.45, 2.75) is 37.3 Å². The van der Waals surface area contributed by atoms with E-state index in [1.807, 2.05) is 24.3 Å². The summed E-state index contributed by atoms with van der Waals surface area (Å²) in [6.07, 6.45) is 1.60. The number of hydrogen-bond donors (Lipinski definition) is 2. The van der Waals surface area contributed by atoms with Crippen LogP contribution in [0, 0.1) is 5.92 Å². The monoisotopic (exact) mass is 480 g/mol. The molecule has 0 aromatic heterocycles. The highest BCUT2D eigenvalue weighted by Gasteiger charge is 2.41. The molecule has 1 saturated heterocycles. The van der Waals surface area contributed by atoms with Crippen LogP contribution < -0.4 is 5.32 Å². The molecular weight excluding hydrogens is 452 g/mol. The molecule has 7 nitrogen and oxygen atoms in total. The first kappa shape index (κ1) is 22.8. The van der Waals surface area contributed by atoms with Crippen molar-refractivity contribution < 1.29 is 24.2 Å². The van der Waals surface area contributed by atoms with Gasteiger partial charge in [-0.2, -0.15) is 11.8 Å². The van der Waals surface area contributed by atoms with E-state index in [0.717, 1.165) is 23.3 Å². The van der Waals surface area contributed by atoms with E-state index in [-0.39, 0.29) is 24.5 Å². The first-order valence-corrected chi connectivity index (χ1v) is 12.9. The van der Waals surface area contributed by atoms with Gasteiger partial charge in [-0.25, -0.2) is 9.59 Å². The van der Waals surface area contributed by atoms with Crippen molar-refractivity contribution in [3.05, 3.63) is 59.7 Å². The molecule has 1 saturated carbocycles.